The Bertz CT molecular complexity index is 212. The van der Waals surface area contributed by atoms with E-state index in [2.05, 4.69) is 38.3 Å². The second-order valence-corrected chi connectivity index (χ2v) is 6.11. The monoisotopic (exact) mass is 242 g/mol. The van der Waals surface area contributed by atoms with Crippen molar-refractivity contribution in [2.75, 3.05) is 20.1 Å². The SMILES string of the molecule is CNCC(C)(C)CNC(=O)CCCCC(C)C. The third-order valence-electron chi connectivity index (χ3n) is 2.85. The smallest absolute Gasteiger partial charge is 0.220 e. The summed E-state index contributed by atoms with van der Waals surface area (Å²) in [4.78, 5) is 11.6. The maximum Gasteiger partial charge on any atom is 0.220 e. The van der Waals surface area contributed by atoms with Gasteiger partial charge in [0.05, 0.1) is 0 Å². The predicted molar refractivity (Wildman–Crippen MR) is 74.0 cm³/mol. The minimum absolute atomic E-state index is 0.127. The lowest BCUT2D eigenvalue weighted by Crippen LogP contribution is -2.39. The van der Waals surface area contributed by atoms with Crippen LogP contribution in [0.2, 0.25) is 0 Å². The van der Waals surface area contributed by atoms with E-state index < -0.39 is 0 Å². The van der Waals surface area contributed by atoms with E-state index in [4.69, 9.17) is 0 Å². The average molecular weight is 242 g/mol. The Hall–Kier alpha value is -0.570. The van der Waals surface area contributed by atoms with E-state index in [1.165, 1.54) is 6.42 Å². The van der Waals surface area contributed by atoms with Gasteiger partial charge < -0.3 is 10.6 Å². The molecule has 2 N–H and O–H groups in total. The number of unbranched alkanes of at least 4 members (excludes halogenated alkanes) is 1. The van der Waals surface area contributed by atoms with Gasteiger partial charge >= 0.3 is 0 Å². The van der Waals surface area contributed by atoms with Crippen molar-refractivity contribution in [3.8, 4) is 0 Å². The largest absolute Gasteiger partial charge is 0.356 e. The highest BCUT2D eigenvalue weighted by molar-refractivity contribution is 5.75. The van der Waals surface area contributed by atoms with Crippen LogP contribution in [0.15, 0.2) is 0 Å². The molecule has 0 saturated carbocycles. The highest BCUT2D eigenvalue weighted by Gasteiger charge is 2.17. The number of amides is 1. The van der Waals surface area contributed by atoms with E-state index >= 15 is 0 Å². The van der Waals surface area contributed by atoms with Gasteiger partial charge in [-0.1, -0.05) is 40.5 Å². The maximum atomic E-state index is 11.6. The summed E-state index contributed by atoms with van der Waals surface area (Å²) in [5.74, 6) is 0.936. The molecule has 102 valence electrons. The van der Waals surface area contributed by atoms with Crippen molar-refractivity contribution in [3.63, 3.8) is 0 Å². The van der Waals surface area contributed by atoms with Crippen LogP contribution in [0.25, 0.3) is 0 Å². The number of carbonyl (C=O) groups excluding carboxylic acids is 1. The van der Waals surface area contributed by atoms with Crippen molar-refractivity contribution in [3.05, 3.63) is 0 Å². The van der Waals surface area contributed by atoms with Gasteiger partial charge in [0, 0.05) is 19.5 Å². The second kappa shape index (κ2) is 8.51. The molecule has 0 unspecified atom stereocenters. The molecule has 0 aliphatic heterocycles. The van der Waals surface area contributed by atoms with Gasteiger partial charge in [-0.25, -0.2) is 0 Å². The summed E-state index contributed by atoms with van der Waals surface area (Å²) in [6, 6.07) is 0. The highest BCUT2D eigenvalue weighted by Crippen LogP contribution is 2.12. The molecule has 0 bridgehead atoms. The molecule has 0 aliphatic rings. The van der Waals surface area contributed by atoms with E-state index in [9.17, 15) is 4.79 Å². The normalized spacial score (nSPS) is 11.9. The van der Waals surface area contributed by atoms with Crippen LogP contribution in [0, 0.1) is 11.3 Å². The van der Waals surface area contributed by atoms with Crippen molar-refractivity contribution < 1.29 is 4.79 Å². The third-order valence-corrected chi connectivity index (χ3v) is 2.85. The lowest BCUT2D eigenvalue weighted by molar-refractivity contribution is -0.121. The first kappa shape index (κ1) is 16.4. The topological polar surface area (TPSA) is 41.1 Å². The molecule has 0 spiro atoms. The molecular formula is C14H30N2O. The summed E-state index contributed by atoms with van der Waals surface area (Å²) >= 11 is 0. The van der Waals surface area contributed by atoms with Gasteiger partial charge in [0.1, 0.15) is 0 Å². The first-order chi connectivity index (χ1) is 7.87. The molecule has 0 saturated heterocycles. The number of hydrogen-bond acceptors (Lipinski definition) is 2. The Kier molecular flexibility index (Phi) is 8.23. The molecule has 0 atom stereocenters. The summed E-state index contributed by atoms with van der Waals surface area (Å²) in [6.07, 6.45) is 4.06. The van der Waals surface area contributed by atoms with Crippen molar-refractivity contribution in [2.24, 2.45) is 11.3 Å². The zero-order valence-electron chi connectivity index (χ0n) is 12.2. The fourth-order valence-corrected chi connectivity index (χ4v) is 1.81. The van der Waals surface area contributed by atoms with E-state index in [0.29, 0.717) is 6.42 Å². The van der Waals surface area contributed by atoms with Crippen molar-refractivity contribution in [1.82, 2.24) is 10.6 Å². The highest BCUT2D eigenvalue weighted by atomic mass is 16.1. The molecule has 3 heteroatoms. The number of carbonyl (C=O) groups is 1. The van der Waals surface area contributed by atoms with Crippen LogP contribution in [-0.4, -0.2) is 26.0 Å². The molecule has 17 heavy (non-hydrogen) atoms. The van der Waals surface area contributed by atoms with Gasteiger partial charge in [0.15, 0.2) is 0 Å². The average Bonchev–Trinajstić information content (AvgIpc) is 2.21. The first-order valence-corrected chi connectivity index (χ1v) is 6.78. The summed E-state index contributed by atoms with van der Waals surface area (Å²) in [6.45, 7) is 10.4. The molecule has 0 rings (SSSR count). The molecule has 1 amide bonds. The van der Waals surface area contributed by atoms with Gasteiger partial charge in [0.2, 0.25) is 5.91 Å². The van der Waals surface area contributed by atoms with E-state index in [1.807, 2.05) is 7.05 Å². The first-order valence-electron chi connectivity index (χ1n) is 6.78. The molecule has 3 nitrogen and oxygen atoms in total. The van der Waals surface area contributed by atoms with Gasteiger partial charge in [-0.3, -0.25) is 4.79 Å². The summed E-state index contributed by atoms with van der Waals surface area (Å²) < 4.78 is 0. The van der Waals surface area contributed by atoms with E-state index in [-0.39, 0.29) is 11.3 Å². The molecule has 0 fully saturated rings. The molecule has 0 aliphatic carbocycles. The van der Waals surface area contributed by atoms with Crippen LogP contribution < -0.4 is 10.6 Å². The molecular weight excluding hydrogens is 212 g/mol. The van der Waals surface area contributed by atoms with E-state index in [0.717, 1.165) is 31.8 Å². The third kappa shape index (κ3) is 10.3. The molecule has 0 heterocycles. The van der Waals surface area contributed by atoms with Crippen LogP contribution in [0.5, 0.6) is 0 Å². The lowest BCUT2D eigenvalue weighted by Gasteiger charge is -2.24. The Morgan fingerprint density at radius 1 is 1.18 bits per heavy atom. The van der Waals surface area contributed by atoms with Gasteiger partial charge in [0.25, 0.3) is 0 Å². The lowest BCUT2D eigenvalue weighted by atomic mass is 9.93. The number of rotatable bonds is 9. The number of nitrogens with one attached hydrogen (secondary N) is 2. The van der Waals surface area contributed by atoms with Gasteiger partial charge in [-0.15, -0.1) is 0 Å². The molecule has 0 aromatic heterocycles. The quantitative estimate of drug-likeness (QED) is 0.610. The van der Waals surface area contributed by atoms with Crippen LogP contribution >= 0.6 is 0 Å². The van der Waals surface area contributed by atoms with Crippen molar-refractivity contribution in [2.45, 2.75) is 53.4 Å². The zero-order valence-corrected chi connectivity index (χ0v) is 12.2. The van der Waals surface area contributed by atoms with Gasteiger partial charge in [-0.2, -0.15) is 0 Å². The molecule has 0 aromatic carbocycles. The standard InChI is InChI=1S/C14H30N2O/c1-12(2)8-6-7-9-13(17)16-11-14(3,4)10-15-5/h12,15H,6-11H2,1-5H3,(H,16,17). The molecule has 0 radical (unpaired) electrons. The van der Waals surface area contributed by atoms with Crippen LogP contribution in [-0.2, 0) is 4.79 Å². The van der Waals surface area contributed by atoms with E-state index in [1.54, 1.807) is 0 Å². The van der Waals surface area contributed by atoms with Crippen LogP contribution in [0.1, 0.15) is 53.4 Å². The van der Waals surface area contributed by atoms with Crippen molar-refractivity contribution in [1.29, 1.82) is 0 Å². The fourth-order valence-electron chi connectivity index (χ4n) is 1.81. The second-order valence-electron chi connectivity index (χ2n) is 6.11. The Balaban J connectivity index is 3.59. The van der Waals surface area contributed by atoms with Crippen LogP contribution in [0.4, 0.5) is 0 Å². The van der Waals surface area contributed by atoms with Gasteiger partial charge in [-0.05, 0) is 24.8 Å². The van der Waals surface area contributed by atoms with Crippen LogP contribution in [0.3, 0.4) is 0 Å². The minimum atomic E-state index is 0.127. The predicted octanol–water partition coefficient (Wildman–Crippen LogP) is 2.56. The summed E-state index contributed by atoms with van der Waals surface area (Å²) in [5, 5.41) is 6.16. The summed E-state index contributed by atoms with van der Waals surface area (Å²) in [5.41, 5.74) is 0.127. The zero-order chi connectivity index (χ0) is 13.3. The fraction of sp³-hybridized carbons (Fsp3) is 0.929. The maximum absolute atomic E-state index is 11.6. The summed E-state index contributed by atoms with van der Waals surface area (Å²) in [7, 11) is 1.94. The number of hydrogen-bond donors (Lipinski definition) is 2. The minimum Gasteiger partial charge on any atom is -0.356 e. The Morgan fingerprint density at radius 2 is 1.82 bits per heavy atom. The Labute approximate surface area is 107 Å². The molecule has 0 aromatic rings. The van der Waals surface area contributed by atoms with Crippen molar-refractivity contribution >= 4 is 5.91 Å². The Morgan fingerprint density at radius 3 is 2.35 bits per heavy atom.